The maximum Gasteiger partial charge on any atom is 0.416 e. The van der Waals surface area contributed by atoms with Crippen LogP contribution in [-0.4, -0.2) is 28.5 Å². The first-order chi connectivity index (χ1) is 13.4. The van der Waals surface area contributed by atoms with E-state index >= 15 is 0 Å². The molecule has 0 bridgehead atoms. The van der Waals surface area contributed by atoms with Crippen molar-refractivity contribution < 1.29 is 22.7 Å². The van der Waals surface area contributed by atoms with Gasteiger partial charge in [-0.3, -0.25) is 15.1 Å². The third-order valence-electron chi connectivity index (χ3n) is 3.99. The van der Waals surface area contributed by atoms with Crippen molar-refractivity contribution in [3.05, 3.63) is 65.5 Å². The first kappa shape index (κ1) is 19.3. The minimum atomic E-state index is -4.51. The number of hydrogen-bond acceptors (Lipinski definition) is 5. The van der Waals surface area contributed by atoms with E-state index in [0.717, 1.165) is 17.7 Å². The van der Waals surface area contributed by atoms with Gasteiger partial charge >= 0.3 is 6.18 Å². The number of nitrogens with one attached hydrogen (secondary N) is 1. The monoisotopic (exact) mass is 390 g/mol. The number of aromatic nitrogens is 4. The van der Waals surface area contributed by atoms with Gasteiger partial charge in [-0.1, -0.05) is 18.2 Å². The number of carbonyl (C=O) groups excluding carboxylic acids is 1. The van der Waals surface area contributed by atoms with Gasteiger partial charge in [0.2, 0.25) is 5.91 Å². The number of rotatable bonds is 6. The Bertz CT molecular complexity index is 944. The van der Waals surface area contributed by atoms with Crippen LogP contribution in [0.3, 0.4) is 0 Å². The lowest BCUT2D eigenvalue weighted by molar-refractivity contribution is -0.137. The standard InChI is InChI=1S/C18H16F3N5O2/c1-28-14-7-2-4-11(8-14)9-15(16-23-25-26-24-16)17(27)22-13-6-3-5-12(10-13)18(19,20)21/h2-8,10,15H,9H2,1H3,(H2,22,23,24,25,26,27)/p-1/t15-/m1/s1. The molecule has 146 valence electrons. The molecular weight excluding hydrogens is 375 g/mol. The number of alkyl halides is 3. The summed E-state index contributed by atoms with van der Waals surface area (Å²) in [5, 5.41) is 16.7. The van der Waals surface area contributed by atoms with E-state index in [1.807, 2.05) is 0 Å². The number of carbonyl (C=O) groups is 1. The van der Waals surface area contributed by atoms with Gasteiger partial charge in [0.15, 0.2) is 0 Å². The van der Waals surface area contributed by atoms with Crippen LogP contribution in [0.1, 0.15) is 22.9 Å². The van der Waals surface area contributed by atoms with Crippen LogP contribution in [0.15, 0.2) is 48.5 Å². The molecule has 0 unspecified atom stereocenters. The van der Waals surface area contributed by atoms with Crippen molar-refractivity contribution in [1.82, 2.24) is 20.6 Å². The van der Waals surface area contributed by atoms with Crippen molar-refractivity contribution in [2.45, 2.75) is 18.5 Å². The molecule has 0 aliphatic carbocycles. The summed E-state index contributed by atoms with van der Waals surface area (Å²) >= 11 is 0. The van der Waals surface area contributed by atoms with Gasteiger partial charge in [0.1, 0.15) is 5.75 Å². The quantitative estimate of drug-likeness (QED) is 0.696. The molecule has 0 aliphatic rings. The van der Waals surface area contributed by atoms with E-state index in [-0.39, 0.29) is 17.9 Å². The Balaban J connectivity index is 1.84. The predicted octanol–water partition coefficient (Wildman–Crippen LogP) is 2.82. The molecule has 10 heteroatoms. The number of hydrogen-bond donors (Lipinski definition) is 1. The minimum absolute atomic E-state index is 0.0166. The molecule has 0 radical (unpaired) electrons. The SMILES string of the molecule is COc1cccc(C[C@@H](C(=O)Nc2cccc(C(F)(F)F)c2)c2nnn[n-]2)c1. The minimum Gasteiger partial charge on any atom is -0.497 e. The van der Waals surface area contributed by atoms with Gasteiger partial charge in [0, 0.05) is 11.5 Å². The van der Waals surface area contributed by atoms with E-state index < -0.39 is 23.6 Å². The Morgan fingerprint density at radius 2 is 2.00 bits per heavy atom. The zero-order valence-corrected chi connectivity index (χ0v) is 14.6. The first-order valence-electron chi connectivity index (χ1n) is 8.16. The molecule has 2 aromatic carbocycles. The average molecular weight is 390 g/mol. The number of methoxy groups -OCH3 is 1. The van der Waals surface area contributed by atoms with Crippen LogP contribution in [0, 0.1) is 0 Å². The van der Waals surface area contributed by atoms with Crippen LogP contribution in [0.4, 0.5) is 18.9 Å². The fraction of sp³-hybridized carbons (Fsp3) is 0.222. The highest BCUT2D eigenvalue weighted by Gasteiger charge is 2.30. The van der Waals surface area contributed by atoms with E-state index in [0.29, 0.717) is 5.75 Å². The third kappa shape index (κ3) is 4.64. The molecular formula is C18H15F3N5O2-. The molecule has 28 heavy (non-hydrogen) atoms. The molecule has 7 nitrogen and oxygen atoms in total. The van der Waals surface area contributed by atoms with Crippen molar-refractivity contribution in [3.8, 4) is 5.75 Å². The molecule has 1 amide bonds. The molecule has 1 aromatic heterocycles. The Morgan fingerprint density at radius 1 is 1.21 bits per heavy atom. The second-order valence-electron chi connectivity index (χ2n) is 5.91. The summed E-state index contributed by atoms with van der Waals surface area (Å²) in [6.07, 6.45) is -4.32. The Hall–Kier alpha value is -3.43. The molecule has 0 saturated heterocycles. The Kier molecular flexibility index (Phi) is 5.57. The van der Waals surface area contributed by atoms with E-state index in [4.69, 9.17) is 4.74 Å². The van der Waals surface area contributed by atoms with Crippen LogP contribution in [0.5, 0.6) is 5.75 Å². The molecule has 1 heterocycles. The van der Waals surface area contributed by atoms with Crippen molar-refractivity contribution in [2.75, 3.05) is 12.4 Å². The largest absolute Gasteiger partial charge is 0.497 e. The fourth-order valence-corrected chi connectivity index (χ4v) is 2.63. The van der Waals surface area contributed by atoms with Gasteiger partial charge < -0.3 is 15.2 Å². The Morgan fingerprint density at radius 3 is 2.68 bits per heavy atom. The third-order valence-corrected chi connectivity index (χ3v) is 3.99. The molecule has 3 aromatic rings. The van der Waals surface area contributed by atoms with E-state index in [2.05, 4.69) is 25.9 Å². The second kappa shape index (κ2) is 8.07. The number of ether oxygens (including phenoxy) is 1. The first-order valence-corrected chi connectivity index (χ1v) is 8.16. The van der Waals surface area contributed by atoms with Gasteiger partial charge in [0.25, 0.3) is 0 Å². The van der Waals surface area contributed by atoms with Crippen LogP contribution >= 0.6 is 0 Å². The van der Waals surface area contributed by atoms with Crippen LogP contribution < -0.4 is 15.2 Å². The maximum atomic E-state index is 12.9. The summed E-state index contributed by atoms with van der Waals surface area (Å²) in [5.74, 6) is -0.782. The number of tetrazole rings is 1. The fourth-order valence-electron chi connectivity index (χ4n) is 2.63. The van der Waals surface area contributed by atoms with Crippen molar-refractivity contribution in [2.24, 2.45) is 0 Å². The van der Waals surface area contributed by atoms with Crippen LogP contribution in [-0.2, 0) is 17.4 Å². The molecule has 1 N–H and O–H groups in total. The highest BCUT2D eigenvalue weighted by molar-refractivity contribution is 5.95. The predicted molar refractivity (Wildman–Crippen MR) is 92.7 cm³/mol. The van der Waals surface area contributed by atoms with Gasteiger partial charge in [0.05, 0.1) is 18.6 Å². The lowest BCUT2D eigenvalue weighted by Gasteiger charge is -2.18. The van der Waals surface area contributed by atoms with Crippen molar-refractivity contribution in [1.29, 1.82) is 0 Å². The number of anilines is 1. The van der Waals surface area contributed by atoms with E-state index in [9.17, 15) is 18.0 Å². The second-order valence-corrected chi connectivity index (χ2v) is 5.91. The zero-order chi connectivity index (χ0) is 20.1. The molecule has 3 rings (SSSR count). The number of benzene rings is 2. The molecule has 0 saturated carbocycles. The summed E-state index contributed by atoms with van der Waals surface area (Å²) in [6.45, 7) is 0. The smallest absolute Gasteiger partial charge is 0.416 e. The zero-order valence-electron chi connectivity index (χ0n) is 14.6. The Labute approximate surface area is 157 Å². The van der Waals surface area contributed by atoms with Gasteiger partial charge in [-0.05, 0) is 42.3 Å². The lowest BCUT2D eigenvalue weighted by atomic mass is 9.97. The number of halogens is 3. The molecule has 1 atom stereocenters. The normalized spacial score (nSPS) is 12.4. The summed E-state index contributed by atoms with van der Waals surface area (Å²) < 4.78 is 43.8. The van der Waals surface area contributed by atoms with E-state index in [1.165, 1.54) is 19.2 Å². The van der Waals surface area contributed by atoms with Crippen LogP contribution in [0.2, 0.25) is 0 Å². The number of amides is 1. The average Bonchev–Trinajstić information content (AvgIpc) is 3.20. The lowest BCUT2D eigenvalue weighted by Crippen LogP contribution is -2.24. The van der Waals surface area contributed by atoms with Gasteiger partial charge in [-0.25, -0.2) is 0 Å². The van der Waals surface area contributed by atoms with Gasteiger partial charge in [-0.15, -0.1) is 0 Å². The summed E-state index contributed by atoms with van der Waals surface area (Å²) in [7, 11) is 1.52. The molecule has 0 aliphatic heterocycles. The topological polar surface area (TPSA) is 91.1 Å². The van der Waals surface area contributed by atoms with Gasteiger partial charge in [-0.2, -0.15) is 18.4 Å². The summed E-state index contributed by atoms with van der Waals surface area (Å²) in [4.78, 5) is 12.8. The highest BCUT2D eigenvalue weighted by atomic mass is 19.4. The van der Waals surface area contributed by atoms with E-state index in [1.54, 1.807) is 24.3 Å². The van der Waals surface area contributed by atoms with Crippen LogP contribution in [0.25, 0.3) is 0 Å². The summed E-state index contributed by atoms with van der Waals surface area (Å²) in [5.41, 5.74) is -0.0844. The van der Waals surface area contributed by atoms with Crippen molar-refractivity contribution in [3.63, 3.8) is 0 Å². The molecule has 0 spiro atoms. The van der Waals surface area contributed by atoms with Crippen molar-refractivity contribution >= 4 is 11.6 Å². The molecule has 0 fully saturated rings. The summed E-state index contributed by atoms with van der Waals surface area (Å²) in [6, 6.07) is 11.4. The highest BCUT2D eigenvalue weighted by Crippen LogP contribution is 2.31. The maximum absolute atomic E-state index is 12.9. The number of nitrogens with zero attached hydrogens (tertiary/aromatic N) is 4.